The number of nitrogens with zero attached hydrogens (tertiary/aromatic N) is 1. The number of hydrogen-bond donors (Lipinski definition) is 1. The van der Waals surface area contributed by atoms with Gasteiger partial charge in [-0.1, -0.05) is 6.92 Å². The van der Waals surface area contributed by atoms with Crippen molar-refractivity contribution >= 4 is 17.7 Å². The lowest BCUT2D eigenvalue weighted by Crippen LogP contribution is -2.51. The maximum absolute atomic E-state index is 12.2. The van der Waals surface area contributed by atoms with E-state index in [9.17, 15) is 4.79 Å². The van der Waals surface area contributed by atoms with Crippen molar-refractivity contribution in [2.24, 2.45) is 0 Å². The van der Waals surface area contributed by atoms with E-state index in [0.717, 1.165) is 25.8 Å². The van der Waals surface area contributed by atoms with E-state index in [4.69, 9.17) is 0 Å². The molecule has 98 valence electrons. The fraction of sp³-hybridized carbons (Fsp3) is 0.923. The van der Waals surface area contributed by atoms with Gasteiger partial charge in [0.2, 0.25) is 5.91 Å². The first-order valence-corrected chi connectivity index (χ1v) is 8.18. The predicted octanol–water partition coefficient (Wildman–Crippen LogP) is 1.87. The smallest absolute Gasteiger partial charge is 0.232 e. The second-order valence-electron chi connectivity index (χ2n) is 5.28. The van der Waals surface area contributed by atoms with E-state index in [0.29, 0.717) is 29.8 Å². The molecule has 0 radical (unpaired) electrons. The van der Waals surface area contributed by atoms with Crippen LogP contribution in [-0.2, 0) is 4.79 Å². The van der Waals surface area contributed by atoms with Crippen LogP contribution in [0.1, 0.15) is 39.0 Å². The third-order valence-electron chi connectivity index (χ3n) is 3.94. The molecule has 2 fully saturated rings. The van der Waals surface area contributed by atoms with Crippen LogP contribution in [-0.4, -0.2) is 47.5 Å². The van der Waals surface area contributed by atoms with Gasteiger partial charge < -0.3 is 10.2 Å². The van der Waals surface area contributed by atoms with Gasteiger partial charge in [0.15, 0.2) is 0 Å². The zero-order chi connectivity index (χ0) is 12.3. The highest BCUT2D eigenvalue weighted by molar-refractivity contribution is 7.99. The van der Waals surface area contributed by atoms with Crippen molar-refractivity contribution < 1.29 is 4.79 Å². The second-order valence-corrected chi connectivity index (χ2v) is 6.15. The largest absolute Gasteiger partial charge is 0.339 e. The van der Waals surface area contributed by atoms with E-state index < -0.39 is 0 Å². The van der Waals surface area contributed by atoms with Crippen LogP contribution < -0.4 is 5.32 Å². The van der Waals surface area contributed by atoms with E-state index in [1.54, 1.807) is 11.8 Å². The molecule has 1 N–H and O–H groups in total. The molecule has 17 heavy (non-hydrogen) atoms. The minimum Gasteiger partial charge on any atom is -0.339 e. The Morgan fingerprint density at radius 2 is 2.00 bits per heavy atom. The van der Waals surface area contributed by atoms with Gasteiger partial charge in [-0.3, -0.25) is 4.79 Å². The highest BCUT2D eigenvalue weighted by atomic mass is 32.2. The van der Waals surface area contributed by atoms with Crippen molar-refractivity contribution in [3.05, 3.63) is 0 Å². The van der Waals surface area contributed by atoms with E-state index in [-0.39, 0.29) is 0 Å². The Morgan fingerprint density at radius 3 is 2.53 bits per heavy atom. The Labute approximate surface area is 109 Å². The van der Waals surface area contributed by atoms with Gasteiger partial charge >= 0.3 is 0 Å². The van der Waals surface area contributed by atoms with Crippen LogP contribution >= 0.6 is 11.8 Å². The molecule has 1 amide bonds. The molecular weight excluding hydrogens is 232 g/mol. The number of carbonyl (C=O) groups is 1. The van der Waals surface area contributed by atoms with Gasteiger partial charge in [0, 0.05) is 24.7 Å². The van der Waals surface area contributed by atoms with Gasteiger partial charge in [-0.15, -0.1) is 0 Å². The third-order valence-corrected chi connectivity index (χ3v) is 4.48. The van der Waals surface area contributed by atoms with Gasteiger partial charge in [0.25, 0.3) is 0 Å². The van der Waals surface area contributed by atoms with Crippen LogP contribution in [0.2, 0.25) is 0 Å². The first-order chi connectivity index (χ1) is 8.24. The lowest BCUT2D eigenvalue weighted by atomic mass is 9.98. The summed E-state index contributed by atoms with van der Waals surface area (Å²) in [6, 6.07) is 1.83. The van der Waals surface area contributed by atoms with Crippen molar-refractivity contribution in [1.29, 1.82) is 0 Å². The lowest BCUT2D eigenvalue weighted by Gasteiger charge is -2.37. The molecule has 2 rings (SSSR count). The van der Waals surface area contributed by atoms with Crippen LogP contribution in [0.5, 0.6) is 0 Å². The highest BCUT2D eigenvalue weighted by Gasteiger charge is 2.37. The first-order valence-electron chi connectivity index (χ1n) is 6.79. The Balaban J connectivity index is 1.97. The Morgan fingerprint density at radius 1 is 1.35 bits per heavy atom. The Hall–Kier alpha value is -0.220. The molecule has 0 aromatic heterocycles. The quantitative estimate of drug-likeness (QED) is 0.815. The van der Waals surface area contributed by atoms with Gasteiger partial charge in [0.05, 0.1) is 5.75 Å². The molecule has 4 heteroatoms. The number of piperidine rings is 1. The minimum absolute atomic E-state index is 0.339. The fourth-order valence-electron chi connectivity index (χ4n) is 3.24. The summed E-state index contributed by atoms with van der Waals surface area (Å²) in [5.41, 5.74) is 0. The fourth-order valence-corrected chi connectivity index (χ4v) is 3.65. The number of rotatable bonds is 5. The second kappa shape index (κ2) is 6.10. The average molecular weight is 256 g/mol. The molecular formula is C13H24N2OS. The molecule has 0 saturated carbocycles. The summed E-state index contributed by atoms with van der Waals surface area (Å²) in [7, 11) is 0. The van der Waals surface area contributed by atoms with Crippen molar-refractivity contribution in [3.8, 4) is 0 Å². The first kappa shape index (κ1) is 13.2. The van der Waals surface area contributed by atoms with Crippen molar-refractivity contribution in [2.45, 2.75) is 57.2 Å². The predicted molar refractivity (Wildman–Crippen MR) is 73.4 cm³/mol. The van der Waals surface area contributed by atoms with Crippen LogP contribution in [0.3, 0.4) is 0 Å². The standard InChI is InChI=1S/C13H24N2OS/c1-3-6-15(13(16)9-17-2)12-7-10-4-5-11(8-12)14-10/h10-12,14H,3-9H2,1-2H3. The molecule has 2 atom stereocenters. The monoisotopic (exact) mass is 256 g/mol. The summed E-state index contributed by atoms with van der Waals surface area (Å²) in [5, 5.41) is 3.65. The Kier molecular flexibility index (Phi) is 4.74. The van der Waals surface area contributed by atoms with Gasteiger partial charge in [-0.25, -0.2) is 0 Å². The highest BCUT2D eigenvalue weighted by Crippen LogP contribution is 2.30. The molecule has 2 unspecified atom stereocenters. The molecule has 2 aliphatic rings. The molecule has 0 aromatic carbocycles. The number of nitrogens with one attached hydrogen (secondary N) is 1. The molecule has 0 aliphatic carbocycles. The van der Waals surface area contributed by atoms with Gasteiger partial charge in [-0.05, 0) is 38.4 Å². The maximum Gasteiger partial charge on any atom is 0.232 e. The lowest BCUT2D eigenvalue weighted by molar-refractivity contribution is -0.131. The zero-order valence-corrected chi connectivity index (χ0v) is 11.8. The SMILES string of the molecule is CCCN(C(=O)CSC)C1CC2CCC(C1)N2. The molecule has 2 bridgehead atoms. The summed E-state index contributed by atoms with van der Waals surface area (Å²) >= 11 is 1.64. The Bertz CT molecular complexity index is 260. The minimum atomic E-state index is 0.339. The zero-order valence-electron chi connectivity index (χ0n) is 10.9. The maximum atomic E-state index is 12.2. The molecule has 2 heterocycles. The van der Waals surface area contributed by atoms with Gasteiger partial charge in [-0.2, -0.15) is 11.8 Å². The normalized spacial score (nSPS) is 31.5. The van der Waals surface area contributed by atoms with Crippen LogP contribution in [0.25, 0.3) is 0 Å². The van der Waals surface area contributed by atoms with Crippen LogP contribution in [0.4, 0.5) is 0 Å². The van der Waals surface area contributed by atoms with E-state index in [2.05, 4.69) is 17.1 Å². The summed E-state index contributed by atoms with van der Waals surface area (Å²) < 4.78 is 0. The van der Waals surface area contributed by atoms with Crippen molar-refractivity contribution in [1.82, 2.24) is 10.2 Å². The molecule has 2 saturated heterocycles. The van der Waals surface area contributed by atoms with Crippen molar-refractivity contribution in [2.75, 3.05) is 18.6 Å². The summed E-state index contributed by atoms with van der Waals surface area (Å²) in [6.45, 7) is 3.10. The van der Waals surface area contributed by atoms with E-state index in [1.807, 2.05) is 6.26 Å². The number of carbonyl (C=O) groups excluding carboxylic acids is 1. The van der Waals surface area contributed by atoms with Gasteiger partial charge in [0.1, 0.15) is 0 Å². The van der Waals surface area contributed by atoms with Crippen molar-refractivity contribution in [3.63, 3.8) is 0 Å². The number of fused-ring (bicyclic) bond motifs is 2. The number of thioether (sulfide) groups is 1. The van der Waals surface area contributed by atoms with Crippen LogP contribution in [0.15, 0.2) is 0 Å². The number of amides is 1. The molecule has 0 aromatic rings. The van der Waals surface area contributed by atoms with E-state index >= 15 is 0 Å². The summed E-state index contributed by atoms with van der Waals surface area (Å²) in [4.78, 5) is 14.3. The average Bonchev–Trinajstić information content (AvgIpc) is 2.65. The van der Waals surface area contributed by atoms with Crippen LogP contribution in [0, 0.1) is 0 Å². The number of hydrogen-bond acceptors (Lipinski definition) is 3. The molecule has 3 nitrogen and oxygen atoms in total. The molecule has 0 spiro atoms. The summed E-state index contributed by atoms with van der Waals surface area (Å²) in [6.07, 6.45) is 8.01. The topological polar surface area (TPSA) is 32.3 Å². The van der Waals surface area contributed by atoms with E-state index in [1.165, 1.54) is 12.8 Å². The summed E-state index contributed by atoms with van der Waals surface area (Å²) in [5.74, 6) is 0.977. The molecule has 2 aliphatic heterocycles. The third kappa shape index (κ3) is 3.16.